The Hall–Kier alpha value is -1.03. The van der Waals surface area contributed by atoms with Crippen molar-refractivity contribution < 1.29 is 4.74 Å². The maximum atomic E-state index is 6.31. The first-order chi connectivity index (χ1) is 8.56. The number of piperidine rings is 1. The van der Waals surface area contributed by atoms with Crippen LogP contribution in [-0.2, 0) is 0 Å². The Morgan fingerprint density at radius 3 is 2.89 bits per heavy atom. The fraction of sp³-hybridized carbons (Fsp3) is 0.692. The fourth-order valence-electron chi connectivity index (χ4n) is 2.02. The highest BCUT2D eigenvalue weighted by molar-refractivity contribution is 6.21. The van der Waals surface area contributed by atoms with Gasteiger partial charge in [-0.1, -0.05) is 6.92 Å². The molecule has 4 nitrogen and oxygen atoms in total. The van der Waals surface area contributed by atoms with Crippen LogP contribution in [0.3, 0.4) is 0 Å². The first-order valence-electron chi connectivity index (χ1n) is 6.44. The minimum absolute atomic E-state index is 0.108. The molecule has 100 valence electrons. The van der Waals surface area contributed by atoms with Gasteiger partial charge in [-0.2, -0.15) is 4.98 Å². The standard InChI is InChI=1S/C13H20ClN3O/c1-9(2)18-13-7-15-6-12(16-13)17-5-4-10(3)11(14)8-17/h6-7,9-11H,4-5,8H2,1-3H3. The molecule has 0 amide bonds. The minimum atomic E-state index is 0.108. The first kappa shape index (κ1) is 13.4. The molecule has 5 heteroatoms. The van der Waals surface area contributed by atoms with E-state index in [1.807, 2.05) is 13.8 Å². The highest BCUT2D eigenvalue weighted by Crippen LogP contribution is 2.25. The van der Waals surface area contributed by atoms with Crippen molar-refractivity contribution in [2.24, 2.45) is 5.92 Å². The van der Waals surface area contributed by atoms with Gasteiger partial charge in [0.05, 0.1) is 23.9 Å². The molecule has 0 aromatic carbocycles. The molecule has 0 spiro atoms. The molecule has 1 fully saturated rings. The predicted octanol–water partition coefficient (Wildman–Crippen LogP) is 2.72. The molecule has 2 rings (SSSR count). The summed E-state index contributed by atoms with van der Waals surface area (Å²) in [5.74, 6) is 1.99. The van der Waals surface area contributed by atoms with Crippen LogP contribution in [-0.4, -0.2) is 34.5 Å². The smallest absolute Gasteiger partial charge is 0.234 e. The molecule has 0 bridgehead atoms. The maximum Gasteiger partial charge on any atom is 0.234 e. The van der Waals surface area contributed by atoms with Gasteiger partial charge in [-0.05, 0) is 26.2 Å². The fourth-order valence-corrected chi connectivity index (χ4v) is 2.31. The van der Waals surface area contributed by atoms with Crippen LogP contribution in [0.2, 0.25) is 0 Å². The van der Waals surface area contributed by atoms with Crippen molar-refractivity contribution in [3.63, 3.8) is 0 Å². The van der Waals surface area contributed by atoms with E-state index < -0.39 is 0 Å². The van der Waals surface area contributed by atoms with Crippen molar-refractivity contribution in [3.05, 3.63) is 12.4 Å². The summed E-state index contributed by atoms with van der Waals surface area (Å²) >= 11 is 6.31. The van der Waals surface area contributed by atoms with Gasteiger partial charge in [-0.3, -0.25) is 4.98 Å². The lowest BCUT2D eigenvalue weighted by Gasteiger charge is -2.34. The van der Waals surface area contributed by atoms with Crippen LogP contribution in [0.25, 0.3) is 0 Å². The predicted molar refractivity (Wildman–Crippen MR) is 73.4 cm³/mol. The average molecular weight is 270 g/mol. The van der Waals surface area contributed by atoms with E-state index in [2.05, 4.69) is 21.8 Å². The zero-order valence-corrected chi connectivity index (χ0v) is 11.9. The van der Waals surface area contributed by atoms with E-state index in [9.17, 15) is 0 Å². The van der Waals surface area contributed by atoms with Crippen LogP contribution in [0.15, 0.2) is 12.4 Å². The Kier molecular flexibility index (Phi) is 4.27. The highest BCUT2D eigenvalue weighted by Gasteiger charge is 2.25. The molecular weight excluding hydrogens is 250 g/mol. The molecule has 1 aliphatic rings. The van der Waals surface area contributed by atoms with E-state index in [1.54, 1.807) is 12.4 Å². The lowest BCUT2D eigenvalue weighted by molar-refractivity contribution is 0.231. The Morgan fingerprint density at radius 1 is 1.44 bits per heavy atom. The zero-order chi connectivity index (χ0) is 13.1. The van der Waals surface area contributed by atoms with Crippen molar-refractivity contribution >= 4 is 17.4 Å². The molecule has 2 atom stereocenters. The van der Waals surface area contributed by atoms with Crippen LogP contribution < -0.4 is 9.64 Å². The topological polar surface area (TPSA) is 38.2 Å². The molecule has 0 saturated carbocycles. The van der Waals surface area contributed by atoms with E-state index in [0.717, 1.165) is 25.3 Å². The highest BCUT2D eigenvalue weighted by atomic mass is 35.5. The van der Waals surface area contributed by atoms with E-state index in [-0.39, 0.29) is 11.5 Å². The maximum absolute atomic E-state index is 6.31. The minimum Gasteiger partial charge on any atom is -0.474 e. The van der Waals surface area contributed by atoms with E-state index >= 15 is 0 Å². The lowest BCUT2D eigenvalue weighted by atomic mass is 9.99. The molecule has 1 aliphatic heterocycles. The molecule has 2 heterocycles. The van der Waals surface area contributed by atoms with Crippen molar-refractivity contribution in [1.29, 1.82) is 0 Å². The molecular formula is C13H20ClN3O. The number of ether oxygens (including phenoxy) is 1. The molecule has 2 unspecified atom stereocenters. The number of halogens is 1. The number of hydrogen-bond donors (Lipinski definition) is 0. The SMILES string of the molecule is CC(C)Oc1cncc(N2CCC(C)C(Cl)C2)n1. The summed E-state index contributed by atoms with van der Waals surface area (Å²) in [4.78, 5) is 10.8. The summed E-state index contributed by atoms with van der Waals surface area (Å²) in [6.07, 6.45) is 4.61. The third-order valence-electron chi connectivity index (χ3n) is 3.15. The quantitative estimate of drug-likeness (QED) is 0.791. The first-order valence-corrected chi connectivity index (χ1v) is 6.87. The van der Waals surface area contributed by atoms with Crippen LogP contribution in [0.1, 0.15) is 27.2 Å². The molecule has 1 saturated heterocycles. The van der Waals surface area contributed by atoms with Gasteiger partial charge in [0.1, 0.15) is 0 Å². The second-order valence-corrected chi connectivity index (χ2v) is 5.67. The molecule has 0 N–H and O–H groups in total. The van der Waals surface area contributed by atoms with Gasteiger partial charge in [-0.25, -0.2) is 0 Å². The Labute approximate surface area is 113 Å². The number of alkyl halides is 1. The monoisotopic (exact) mass is 269 g/mol. The Morgan fingerprint density at radius 2 is 2.22 bits per heavy atom. The van der Waals surface area contributed by atoms with Crippen LogP contribution >= 0.6 is 11.6 Å². The lowest BCUT2D eigenvalue weighted by Crippen LogP contribution is -2.40. The zero-order valence-electron chi connectivity index (χ0n) is 11.1. The van der Waals surface area contributed by atoms with Gasteiger partial charge in [0, 0.05) is 13.1 Å². The molecule has 1 aromatic rings. The van der Waals surface area contributed by atoms with Crippen molar-refractivity contribution in [1.82, 2.24) is 9.97 Å². The van der Waals surface area contributed by atoms with Gasteiger partial charge in [-0.15, -0.1) is 11.6 Å². The Bertz CT molecular complexity index is 400. The number of anilines is 1. The number of aromatic nitrogens is 2. The summed E-state index contributed by atoms with van der Waals surface area (Å²) in [6, 6.07) is 0. The Balaban J connectivity index is 2.08. The summed E-state index contributed by atoms with van der Waals surface area (Å²) in [5.41, 5.74) is 0. The van der Waals surface area contributed by atoms with Crippen molar-refractivity contribution in [3.8, 4) is 5.88 Å². The summed E-state index contributed by atoms with van der Waals surface area (Å²) in [5, 5.41) is 0.176. The van der Waals surface area contributed by atoms with Crippen molar-refractivity contribution in [2.75, 3.05) is 18.0 Å². The van der Waals surface area contributed by atoms with Crippen LogP contribution in [0.4, 0.5) is 5.82 Å². The van der Waals surface area contributed by atoms with Gasteiger partial charge >= 0.3 is 0 Å². The van der Waals surface area contributed by atoms with E-state index in [0.29, 0.717) is 11.8 Å². The van der Waals surface area contributed by atoms with E-state index in [1.165, 1.54) is 0 Å². The van der Waals surface area contributed by atoms with Gasteiger partial charge in [0.15, 0.2) is 5.82 Å². The molecule has 1 aromatic heterocycles. The third-order valence-corrected chi connectivity index (χ3v) is 3.71. The van der Waals surface area contributed by atoms with Gasteiger partial charge in [0.25, 0.3) is 0 Å². The third kappa shape index (κ3) is 3.25. The molecule has 0 radical (unpaired) electrons. The summed E-state index contributed by atoms with van der Waals surface area (Å²) < 4.78 is 5.56. The van der Waals surface area contributed by atoms with Gasteiger partial charge in [0.2, 0.25) is 5.88 Å². The van der Waals surface area contributed by atoms with Gasteiger partial charge < -0.3 is 9.64 Å². The van der Waals surface area contributed by atoms with E-state index in [4.69, 9.17) is 16.3 Å². The molecule has 0 aliphatic carbocycles. The van der Waals surface area contributed by atoms with Crippen LogP contribution in [0.5, 0.6) is 5.88 Å². The largest absolute Gasteiger partial charge is 0.474 e. The van der Waals surface area contributed by atoms with Crippen molar-refractivity contribution in [2.45, 2.75) is 38.7 Å². The second kappa shape index (κ2) is 5.74. The number of rotatable bonds is 3. The average Bonchev–Trinajstić information content (AvgIpc) is 2.32. The number of hydrogen-bond acceptors (Lipinski definition) is 4. The van der Waals surface area contributed by atoms with Crippen LogP contribution in [0, 0.1) is 5.92 Å². The summed E-state index contributed by atoms with van der Waals surface area (Å²) in [6.45, 7) is 7.95. The summed E-state index contributed by atoms with van der Waals surface area (Å²) in [7, 11) is 0. The second-order valence-electron chi connectivity index (χ2n) is 5.11. The number of nitrogens with zero attached hydrogens (tertiary/aromatic N) is 3. The normalized spacial score (nSPS) is 24.4. The molecule has 18 heavy (non-hydrogen) atoms.